The first-order chi connectivity index (χ1) is 4.86. The van der Waals surface area contributed by atoms with Gasteiger partial charge in [-0.1, -0.05) is 6.07 Å². The van der Waals surface area contributed by atoms with Crippen LogP contribution in [0.4, 0.5) is 5.82 Å². The van der Waals surface area contributed by atoms with Gasteiger partial charge in [-0.05, 0) is 25.0 Å². The summed E-state index contributed by atoms with van der Waals surface area (Å²) in [5.74, 6) is 1.06. The first kappa shape index (κ1) is 5.71. The van der Waals surface area contributed by atoms with Crippen LogP contribution >= 0.6 is 0 Å². The summed E-state index contributed by atoms with van der Waals surface area (Å²) >= 11 is 0. The molecule has 1 aromatic heterocycles. The summed E-state index contributed by atoms with van der Waals surface area (Å²) in [7, 11) is 0. The topological polar surface area (TPSA) is 24.9 Å². The standard InChI is InChI=1S/C8H10N2/c1-6-5-7-3-2-4-9-8(7)10-6/h2-4,6H,5H2,1H3,(H,9,10)/t6-/m0/s1. The van der Waals surface area contributed by atoms with E-state index in [2.05, 4.69) is 23.3 Å². The largest absolute Gasteiger partial charge is 0.367 e. The zero-order valence-electron chi connectivity index (χ0n) is 5.96. The van der Waals surface area contributed by atoms with E-state index in [1.807, 2.05) is 12.3 Å². The number of rotatable bonds is 0. The molecule has 0 bridgehead atoms. The minimum Gasteiger partial charge on any atom is -0.367 e. The van der Waals surface area contributed by atoms with Gasteiger partial charge in [0.05, 0.1) is 0 Å². The second-order valence-corrected chi connectivity index (χ2v) is 2.76. The van der Waals surface area contributed by atoms with Crippen molar-refractivity contribution in [2.45, 2.75) is 19.4 Å². The normalized spacial score (nSPS) is 21.9. The second-order valence-electron chi connectivity index (χ2n) is 2.76. The van der Waals surface area contributed by atoms with Crippen molar-refractivity contribution in [2.75, 3.05) is 5.32 Å². The maximum atomic E-state index is 4.20. The Hall–Kier alpha value is -1.05. The minimum atomic E-state index is 0.560. The molecular weight excluding hydrogens is 124 g/mol. The van der Waals surface area contributed by atoms with Gasteiger partial charge in [0.2, 0.25) is 0 Å². The molecule has 0 saturated carbocycles. The number of nitrogens with one attached hydrogen (secondary N) is 1. The fourth-order valence-corrected chi connectivity index (χ4v) is 1.35. The van der Waals surface area contributed by atoms with Crippen molar-refractivity contribution in [1.82, 2.24) is 4.98 Å². The van der Waals surface area contributed by atoms with Gasteiger partial charge in [0.1, 0.15) is 5.82 Å². The van der Waals surface area contributed by atoms with Crippen LogP contribution < -0.4 is 5.32 Å². The Morgan fingerprint density at radius 1 is 1.70 bits per heavy atom. The molecule has 0 saturated heterocycles. The molecule has 10 heavy (non-hydrogen) atoms. The summed E-state index contributed by atoms with van der Waals surface area (Å²) in [6.45, 7) is 2.17. The van der Waals surface area contributed by atoms with Crippen LogP contribution in [0.1, 0.15) is 12.5 Å². The summed E-state index contributed by atoms with van der Waals surface area (Å²) in [5.41, 5.74) is 1.34. The Labute approximate surface area is 60.3 Å². The number of anilines is 1. The molecule has 0 aromatic carbocycles. The number of nitrogens with zero attached hydrogens (tertiary/aromatic N) is 1. The van der Waals surface area contributed by atoms with E-state index in [1.54, 1.807) is 0 Å². The highest BCUT2D eigenvalue weighted by Crippen LogP contribution is 2.21. The lowest BCUT2D eigenvalue weighted by molar-refractivity contribution is 0.838. The predicted octanol–water partition coefficient (Wildman–Crippen LogP) is 1.44. The predicted molar refractivity (Wildman–Crippen MR) is 41.0 cm³/mol. The van der Waals surface area contributed by atoms with E-state index >= 15 is 0 Å². The van der Waals surface area contributed by atoms with Crippen molar-refractivity contribution >= 4 is 5.82 Å². The number of aromatic nitrogens is 1. The van der Waals surface area contributed by atoms with Gasteiger partial charge in [0.25, 0.3) is 0 Å². The monoisotopic (exact) mass is 134 g/mol. The van der Waals surface area contributed by atoms with E-state index in [4.69, 9.17) is 0 Å². The first-order valence-electron chi connectivity index (χ1n) is 3.56. The van der Waals surface area contributed by atoms with Crippen molar-refractivity contribution < 1.29 is 0 Å². The Kier molecular flexibility index (Phi) is 1.13. The molecule has 0 radical (unpaired) electrons. The first-order valence-corrected chi connectivity index (χ1v) is 3.56. The molecular formula is C8H10N2. The van der Waals surface area contributed by atoms with Crippen LogP contribution in [-0.4, -0.2) is 11.0 Å². The van der Waals surface area contributed by atoms with E-state index in [0.717, 1.165) is 12.2 Å². The van der Waals surface area contributed by atoms with Gasteiger partial charge in [0, 0.05) is 12.2 Å². The van der Waals surface area contributed by atoms with Gasteiger partial charge in [0.15, 0.2) is 0 Å². The lowest BCUT2D eigenvalue weighted by atomic mass is 10.2. The molecule has 0 aliphatic carbocycles. The molecule has 2 heteroatoms. The second kappa shape index (κ2) is 1.97. The SMILES string of the molecule is C[C@H]1Cc2cccnc2N1. The number of hydrogen-bond acceptors (Lipinski definition) is 2. The molecule has 1 aliphatic rings. The Balaban J connectivity index is 2.42. The van der Waals surface area contributed by atoms with Gasteiger partial charge in [-0.15, -0.1) is 0 Å². The summed E-state index contributed by atoms with van der Waals surface area (Å²) in [4.78, 5) is 4.20. The molecule has 2 nitrogen and oxygen atoms in total. The van der Waals surface area contributed by atoms with E-state index in [0.29, 0.717) is 6.04 Å². The van der Waals surface area contributed by atoms with Gasteiger partial charge >= 0.3 is 0 Å². The summed E-state index contributed by atoms with van der Waals surface area (Å²) in [6, 6.07) is 4.67. The number of hydrogen-bond donors (Lipinski definition) is 1. The Bertz CT molecular complexity index is 220. The molecule has 2 rings (SSSR count). The maximum absolute atomic E-state index is 4.20. The highest BCUT2D eigenvalue weighted by Gasteiger charge is 2.15. The smallest absolute Gasteiger partial charge is 0.129 e. The van der Waals surface area contributed by atoms with Gasteiger partial charge < -0.3 is 5.32 Å². The lowest BCUT2D eigenvalue weighted by Crippen LogP contribution is -2.08. The van der Waals surface area contributed by atoms with Gasteiger partial charge in [-0.3, -0.25) is 0 Å². The third-order valence-corrected chi connectivity index (χ3v) is 1.80. The summed E-state index contributed by atoms with van der Waals surface area (Å²) in [6.07, 6.45) is 2.94. The van der Waals surface area contributed by atoms with Crippen LogP contribution in [0.5, 0.6) is 0 Å². The Morgan fingerprint density at radius 2 is 2.60 bits per heavy atom. The molecule has 0 unspecified atom stereocenters. The van der Waals surface area contributed by atoms with Crippen molar-refractivity contribution in [3.8, 4) is 0 Å². The van der Waals surface area contributed by atoms with Crippen LogP contribution in [0.2, 0.25) is 0 Å². The quantitative estimate of drug-likeness (QED) is 0.580. The highest BCUT2D eigenvalue weighted by atomic mass is 15.0. The molecule has 0 amide bonds. The molecule has 0 fully saturated rings. The fourth-order valence-electron chi connectivity index (χ4n) is 1.35. The number of fused-ring (bicyclic) bond motifs is 1. The van der Waals surface area contributed by atoms with Crippen LogP contribution in [-0.2, 0) is 6.42 Å². The zero-order chi connectivity index (χ0) is 6.97. The third kappa shape index (κ3) is 0.764. The lowest BCUT2D eigenvalue weighted by Gasteiger charge is -1.99. The van der Waals surface area contributed by atoms with Crippen molar-refractivity contribution in [1.29, 1.82) is 0 Å². The number of pyridine rings is 1. The summed E-state index contributed by atoms with van der Waals surface area (Å²) < 4.78 is 0. The van der Waals surface area contributed by atoms with E-state index in [1.165, 1.54) is 5.56 Å². The molecule has 0 spiro atoms. The minimum absolute atomic E-state index is 0.560. The van der Waals surface area contributed by atoms with Crippen molar-refractivity contribution in [3.63, 3.8) is 0 Å². The Morgan fingerprint density at radius 3 is 3.40 bits per heavy atom. The maximum Gasteiger partial charge on any atom is 0.129 e. The molecule has 1 aliphatic heterocycles. The van der Waals surface area contributed by atoms with Crippen LogP contribution in [0, 0.1) is 0 Å². The fraction of sp³-hybridized carbons (Fsp3) is 0.375. The van der Waals surface area contributed by atoms with Crippen molar-refractivity contribution in [3.05, 3.63) is 23.9 Å². The van der Waals surface area contributed by atoms with Crippen LogP contribution in [0.15, 0.2) is 18.3 Å². The average molecular weight is 134 g/mol. The summed E-state index contributed by atoms with van der Waals surface area (Å²) in [5, 5.41) is 3.29. The van der Waals surface area contributed by atoms with E-state index < -0.39 is 0 Å². The third-order valence-electron chi connectivity index (χ3n) is 1.80. The molecule has 2 heterocycles. The molecule has 1 N–H and O–H groups in total. The van der Waals surface area contributed by atoms with Crippen molar-refractivity contribution in [2.24, 2.45) is 0 Å². The van der Waals surface area contributed by atoms with Crippen LogP contribution in [0.3, 0.4) is 0 Å². The van der Waals surface area contributed by atoms with E-state index in [-0.39, 0.29) is 0 Å². The molecule has 52 valence electrons. The molecule has 1 atom stereocenters. The van der Waals surface area contributed by atoms with Gasteiger partial charge in [-0.2, -0.15) is 0 Å². The van der Waals surface area contributed by atoms with Gasteiger partial charge in [-0.25, -0.2) is 4.98 Å². The average Bonchev–Trinajstić information content (AvgIpc) is 2.27. The highest BCUT2D eigenvalue weighted by molar-refractivity contribution is 5.49. The zero-order valence-corrected chi connectivity index (χ0v) is 5.96. The van der Waals surface area contributed by atoms with Crippen LogP contribution in [0.25, 0.3) is 0 Å². The van der Waals surface area contributed by atoms with E-state index in [9.17, 15) is 0 Å². The molecule has 1 aromatic rings.